The Balaban J connectivity index is 1.79. The van der Waals surface area contributed by atoms with Crippen LogP contribution >= 0.6 is 0 Å². The zero-order valence-corrected chi connectivity index (χ0v) is 18.9. The van der Waals surface area contributed by atoms with E-state index in [2.05, 4.69) is 18.3 Å². The predicted octanol–water partition coefficient (Wildman–Crippen LogP) is 2.36. The fourth-order valence-corrected chi connectivity index (χ4v) is 4.24. The number of nitrogens with one attached hydrogen (secondary N) is 2. The largest absolute Gasteiger partial charge is 0.493 e. The second-order valence-electron chi connectivity index (χ2n) is 7.78. The normalized spacial score (nSPS) is 16.4. The van der Waals surface area contributed by atoms with Gasteiger partial charge < -0.3 is 24.4 Å². The summed E-state index contributed by atoms with van der Waals surface area (Å²) in [6.45, 7) is 8.44. The average molecular weight is 428 g/mol. The molecule has 0 saturated carbocycles. The van der Waals surface area contributed by atoms with Gasteiger partial charge in [0.1, 0.15) is 19.1 Å². The molecule has 3 rings (SSSR count). The van der Waals surface area contributed by atoms with Gasteiger partial charge in [-0.2, -0.15) is 0 Å². The van der Waals surface area contributed by atoms with Crippen molar-refractivity contribution in [2.24, 2.45) is 0 Å². The molecule has 0 unspecified atom stereocenters. The Bertz CT molecular complexity index is 822. The standard InChI is InChI=1S/C25H34N2O4/c1-4-21(19-9-7-6-8-10-19)25(28)26-18-22(27-13-15-30-16-14-27)20-11-12-23(31-5-2)24(17-20)29-3/h6-12,17,21-22H,4-5,13-16,18H2,1-3H3,(H,26,28)/p+1/t21-,22-/m1/s1. The van der Waals surface area contributed by atoms with Crippen molar-refractivity contribution in [1.29, 1.82) is 0 Å². The molecule has 2 aromatic carbocycles. The van der Waals surface area contributed by atoms with E-state index in [0.29, 0.717) is 13.2 Å². The summed E-state index contributed by atoms with van der Waals surface area (Å²) in [5, 5.41) is 3.23. The molecule has 2 aromatic rings. The van der Waals surface area contributed by atoms with E-state index in [4.69, 9.17) is 14.2 Å². The molecule has 0 bridgehead atoms. The van der Waals surface area contributed by atoms with Gasteiger partial charge in [0.05, 0.1) is 39.4 Å². The van der Waals surface area contributed by atoms with Gasteiger partial charge in [-0.3, -0.25) is 4.79 Å². The summed E-state index contributed by atoms with van der Waals surface area (Å²) in [6, 6.07) is 16.2. The molecule has 31 heavy (non-hydrogen) atoms. The third-order valence-corrected chi connectivity index (χ3v) is 5.92. The maximum Gasteiger partial charge on any atom is 0.227 e. The van der Waals surface area contributed by atoms with Gasteiger partial charge in [0.15, 0.2) is 11.5 Å². The second kappa shape index (κ2) is 11.7. The van der Waals surface area contributed by atoms with Crippen LogP contribution in [0.15, 0.2) is 48.5 Å². The summed E-state index contributed by atoms with van der Waals surface area (Å²) < 4.78 is 16.8. The van der Waals surface area contributed by atoms with E-state index in [-0.39, 0.29) is 17.9 Å². The fourth-order valence-electron chi connectivity index (χ4n) is 4.24. The van der Waals surface area contributed by atoms with Gasteiger partial charge in [0, 0.05) is 5.56 Å². The Morgan fingerprint density at radius 1 is 1.06 bits per heavy atom. The van der Waals surface area contributed by atoms with Crippen LogP contribution in [-0.2, 0) is 9.53 Å². The van der Waals surface area contributed by atoms with Crippen LogP contribution in [0.1, 0.15) is 43.4 Å². The van der Waals surface area contributed by atoms with E-state index in [9.17, 15) is 4.79 Å². The highest BCUT2D eigenvalue weighted by atomic mass is 16.5. The third kappa shape index (κ3) is 5.99. The lowest BCUT2D eigenvalue weighted by Crippen LogP contribution is -3.15. The minimum absolute atomic E-state index is 0.0734. The average Bonchev–Trinajstić information content (AvgIpc) is 2.82. The van der Waals surface area contributed by atoms with Crippen molar-refractivity contribution in [3.05, 3.63) is 59.7 Å². The minimum atomic E-state index is -0.142. The van der Waals surface area contributed by atoms with Crippen molar-refractivity contribution in [3.8, 4) is 11.5 Å². The number of carbonyl (C=O) groups excluding carboxylic acids is 1. The van der Waals surface area contributed by atoms with Gasteiger partial charge in [-0.25, -0.2) is 0 Å². The molecule has 1 heterocycles. The first-order valence-corrected chi connectivity index (χ1v) is 11.2. The van der Waals surface area contributed by atoms with Crippen LogP contribution in [-0.4, -0.2) is 52.5 Å². The highest BCUT2D eigenvalue weighted by Gasteiger charge is 2.29. The Morgan fingerprint density at radius 2 is 1.81 bits per heavy atom. The number of hydrogen-bond donors (Lipinski definition) is 2. The van der Waals surface area contributed by atoms with E-state index in [1.54, 1.807) is 7.11 Å². The zero-order valence-electron chi connectivity index (χ0n) is 18.9. The van der Waals surface area contributed by atoms with Gasteiger partial charge in [-0.05, 0) is 37.1 Å². The summed E-state index contributed by atoms with van der Waals surface area (Å²) in [5.74, 6) is 1.39. The number of rotatable bonds is 10. The van der Waals surface area contributed by atoms with Crippen molar-refractivity contribution in [2.75, 3.05) is 46.6 Å². The fraction of sp³-hybridized carbons (Fsp3) is 0.480. The number of quaternary nitrogens is 1. The lowest BCUT2D eigenvalue weighted by atomic mass is 9.95. The molecule has 1 aliphatic rings. The number of methoxy groups -OCH3 is 1. The second-order valence-corrected chi connectivity index (χ2v) is 7.78. The molecule has 0 radical (unpaired) electrons. The molecule has 6 nitrogen and oxygen atoms in total. The molecule has 6 heteroatoms. The summed E-state index contributed by atoms with van der Waals surface area (Å²) in [5.41, 5.74) is 2.19. The minimum Gasteiger partial charge on any atom is -0.493 e. The molecular formula is C25H35N2O4+. The summed E-state index contributed by atoms with van der Waals surface area (Å²) in [6.07, 6.45) is 0.766. The summed E-state index contributed by atoms with van der Waals surface area (Å²) >= 11 is 0. The van der Waals surface area contributed by atoms with Crippen molar-refractivity contribution in [3.63, 3.8) is 0 Å². The Hall–Kier alpha value is -2.57. The molecule has 2 N–H and O–H groups in total. The maximum atomic E-state index is 13.1. The SMILES string of the molecule is CCOc1ccc([C@@H](CNC(=O)[C@H](CC)c2ccccc2)[NH+]2CCOCC2)cc1OC. The van der Waals surface area contributed by atoms with Crippen molar-refractivity contribution < 1.29 is 23.9 Å². The maximum absolute atomic E-state index is 13.1. The van der Waals surface area contributed by atoms with Crippen LogP contribution in [0.4, 0.5) is 0 Å². The van der Waals surface area contributed by atoms with E-state index < -0.39 is 0 Å². The van der Waals surface area contributed by atoms with Crippen molar-refractivity contribution >= 4 is 5.91 Å². The first-order chi connectivity index (χ1) is 15.2. The van der Waals surface area contributed by atoms with E-state index in [1.807, 2.05) is 49.4 Å². The van der Waals surface area contributed by atoms with Crippen LogP contribution in [0.2, 0.25) is 0 Å². The smallest absolute Gasteiger partial charge is 0.227 e. The predicted molar refractivity (Wildman–Crippen MR) is 121 cm³/mol. The topological polar surface area (TPSA) is 61.2 Å². The van der Waals surface area contributed by atoms with E-state index in [1.165, 1.54) is 4.90 Å². The van der Waals surface area contributed by atoms with Gasteiger partial charge in [-0.15, -0.1) is 0 Å². The Kier molecular flexibility index (Phi) is 8.74. The molecule has 1 saturated heterocycles. The molecular weight excluding hydrogens is 392 g/mol. The van der Waals surface area contributed by atoms with Crippen LogP contribution in [0.3, 0.4) is 0 Å². The molecule has 168 valence electrons. The molecule has 0 spiro atoms. The van der Waals surface area contributed by atoms with Crippen molar-refractivity contribution in [2.45, 2.75) is 32.2 Å². The highest BCUT2D eigenvalue weighted by molar-refractivity contribution is 5.83. The number of amides is 1. The van der Waals surface area contributed by atoms with Gasteiger partial charge in [0.2, 0.25) is 5.91 Å². The molecule has 1 aliphatic heterocycles. The lowest BCUT2D eigenvalue weighted by Gasteiger charge is -2.32. The molecule has 1 fully saturated rings. The van der Waals surface area contributed by atoms with Gasteiger partial charge in [-0.1, -0.05) is 37.3 Å². The Morgan fingerprint density at radius 3 is 2.45 bits per heavy atom. The molecule has 1 amide bonds. The van der Waals surface area contributed by atoms with E-state index >= 15 is 0 Å². The van der Waals surface area contributed by atoms with Crippen LogP contribution in [0.5, 0.6) is 11.5 Å². The van der Waals surface area contributed by atoms with Crippen LogP contribution < -0.4 is 19.7 Å². The molecule has 0 aromatic heterocycles. The van der Waals surface area contributed by atoms with Crippen LogP contribution in [0.25, 0.3) is 0 Å². The first-order valence-electron chi connectivity index (χ1n) is 11.2. The Labute approximate surface area is 185 Å². The first kappa shape index (κ1) is 23.1. The highest BCUT2D eigenvalue weighted by Crippen LogP contribution is 2.30. The summed E-state index contributed by atoms with van der Waals surface area (Å²) in [7, 11) is 1.66. The monoisotopic (exact) mass is 427 g/mol. The number of carbonyl (C=O) groups is 1. The van der Waals surface area contributed by atoms with Crippen molar-refractivity contribution in [1.82, 2.24) is 5.32 Å². The number of benzene rings is 2. The molecule has 0 aliphatic carbocycles. The number of ether oxygens (including phenoxy) is 3. The van der Waals surface area contributed by atoms with Gasteiger partial charge >= 0.3 is 0 Å². The van der Waals surface area contributed by atoms with E-state index in [0.717, 1.165) is 55.4 Å². The zero-order chi connectivity index (χ0) is 22.1. The van der Waals surface area contributed by atoms with Crippen LogP contribution in [0, 0.1) is 0 Å². The summed E-state index contributed by atoms with van der Waals surface area (Å²) in [4.78, 5) is 14.5. The lowest BCUT2D eigenvalue weighted by molar-refractivity contribution is -0.937. The number of hydrogen-bond acceptors (Lipinski definition) is 4. The van der Waals surface area contributed by atoms with Gasteiger partial charge in [0.25, 0.3) is 0 Å². The number of morpholine rings is 1. The third-order valence-electron chi connectivity index (χ3n) is 5.92. The quantitative estimate of drug-likeness (QED) is 0.611. The molecule has 2 atom stereocenters.